The van der Waals surface area contributed by atoms with Crippen molar-refractivity contribution in [2.24, 2.45) is 0 Å². The van der Waals surface area contributed by atoms with Crippen LogP contribution in [0.3, 0.4) is 0 Å². The number of allylic oxidation sites excluding steroid dienone is 2. The first kappa shape index (κ1) is 18.3. The minimum absolute atomic E-state index is 0. The minimum atomic E-state index is 0. The molecule has 0 fully saturated rings. The molecular formula is C17H30. The molecule has 0 aliphatic carbocycles. The zero-order valence-corrected chi connectivity index (χ0v) is 11.9. The molecule has 0 N–H and O–H groups in total. The van der Waals surface area contributed by atoms with Gasteiger partial charge in [-0.15, -0.1) is 0 Å². The molecule has 0 bridgehead atoms. The Morgan fingerprint density at radius 2 is 1.59 bits per heavy atom. The van der Waals surface area contributed by atoms with E-state index in [1.165, 1.54) is 16.7 Å². The number of hydrogen-bond acceptors (Lipinski definition) is 0. The molecule has 1 aromatic rings. The molecule has 0 heterocycles. The summed E-state index contributed by atoms with van der Waals surface area (Å²) < 4.78 is 0. The van der Waals surface area contributed by atoms with E-state index in [4.69, 9.17) is 0 Å². The summed E-state index contributed by atoms with van der Waals surface area (Å²) in [6, 6.07) is 8.62. The van der Waals surface area contributed by atoms with Crippen LogP contribution in [0.1, 0.15) is 60.1 Å². The summed E-state index contributed by atoms with van der Waals surface area (Å²) in [6.45, 7) is 15.1. The Labute approximate surface area is 109 Å². The van der Waals surface area contributed by atoms with Gasteiger partial charge in [-0.05, 0) is 31.9 Å². The molecule has 0 nitrogen and oxygen atoms in total. The highest BCUT2D eigenvalue weighted by molar-refractivity contribution is 5.38. The summed E-state index contributed by atoms with van der Waals surface area (Å²) in [4.78, 5) is 0. The summed E-state index contributed by atoms with van der Waals surface area (Å²) in [5.41, 5.74) is 4.38. The lowest BCUT2D eigenvalue weighted by molar-refractivity contribution is 0.618. The molecule has 0 saturated carbocycles. The van der Waals surface area contributed by atoms with Crippen molar-refractivity contribution >= 4 is 0 Å². The van der Waals surface area contributed by atoms with Gasteiger partial charge in [0.15, 0.2) is 0 Å². The van der Waals surface area contributed by atoms with E-state index >= 15 is 0 Å². The molecule has 0 unspecified atom stereocenters. The predicted molar refractivity (Wildman–Crippen MR) is 81.7 cm³/mol. The summed E-state index contributed by atoms with van der Waals surface area (Å²) in [5.74, 6) is 0. The lowest BCUT2D eigenvalue weighted by Crippen LogP contribution is -2.19. The molecule has 0 spiro atoms. The average Bonchev–Trinajstić information content (AvgIpc) is 2.31. The van der Waals surface area contributed by atoms with Crippen molar-refractivity contribution in [1.82, 2.24) is 0 Å². The van der Waals surface area contributed by atoms with E-state index in [1.807, 2.05) is 13.8 Å². The molecule has 1 rings (SSSR count). The molecule has 0 radical (unpaired) electrons. The third-order valence-corrected chi connectivity index (χ3v) is 3.24. The molecule has 0 aliphatic heterocycles. The third kappa shape index (κ3) is 4.38. The second-order valence-electron chi connectivity index (χ2n) is 4.41. The van der Waals surface area contributed by atoms with Gasteiger partial charge in [-0.1, -0.05) is 71.0 Å². The van der Waals surface area contributed by atoms with Gasteiger partial charge in [-0.25, -0.2) is 0 Å². The van der Waals surface area contributed by atoms with Crippen molar-refractivity contribution in [2.75, 3.05) is 0 Å². The van der Waals surface area contributed by atoms with Crippen molar-refractivity contribution in [1.29, 1.82) is 0 Å². The second kappa shape index (κ2) is 8.11. The molecule has 0 aromatic heterocycles. The number of rotatable bonds is 2. The van der Waals surface area contributed by atoms with Gasteiger partial charge >= 0.3 is 0 Å². The van der Waals surface area contributed by atoms with Crippen LogP contribution in [0.25, 0.3) is 0 Å². The summed E-state index contributed by atoms with van der Waals surface area (Å²) in [7, 11) is 0. The Kier molecular flexibility index (Phi) is 8.74. The Morgan fingerprint density at radius 1 is 1.12 bits per heavy atom. The van der Waals surface area contributed by atoms with Crippen molar-refractivity contribution in [3.63, 3.8) is 0 Å². The van der Waals surface area contributed by atoms with E-state index in [2.05, 4.69) is 65.0 Å². The lowest BCUT2D eigenvalue weighted by atomic mass is 9.76. The smallest absolute Gasteiger partial charge is 0.0105 e. The van der Waals surface area contributed by atoms with Crippen LogP contribution in [-0.4, -0.2) is 0 Å². The van der Waals surface area contributed by atoms with Gasteiger partial charge < -0.3 is 0 Å². The van der Waals surface area contributed by atoms with Gasteiger partial charge in [-0.2, -0.15) is 0 Å². The van der Waals surface area contributed by atoms with Crippen LogP contribution in [0.2, 0.25) is 0 Å². The van der Waals surface area contributed by atoms with Crippen LogP contribution in [-0.2, 0) is 5.41 Å². The van der Waals surface area contributed by atoms with Gasteiger partial charge in [0, 0.05) is 5.41 Å². The molecule has 98 valence electrons. The molecule has 1 aromatic carbocycles. The minimum Gasteiger partial charge on any atom is -0.0879 e. The van der Waals surface area contributed by atoms with Crippen molar-refractivity contribution in [3.05, 3.63) is 47.0 Å². The maximum atomic E-state index is 2.28. The topological polar surface area (TPSA) is 0 Å². The quantitative estimate of drug-likeness (QED) is 0.559. The van der Waals surface area contributed by atoms with Crippen molar-refractivity contribution in [2.45, 2.75) is 61.3 Å². The van der Waals surface area contributed by atoms with Crippen LogP contribution in [0.5, 0.6) is 0 Å². The van der Waals surface area contributed by atoms with E-state index in [-0.39, 0.29) is 12.8 Å². The SMILES string of the molecule is C.C/C=C(/C)C(C)(C)c1ccccc1C.CC. The van der Waals surface area contributed by atoms with Crippen LogP contribution >= 0.6 is 0 Å². The lowest BCUT2D eigenvalue weighted by Gasteiger charge is -2.28. The van der Waals surface area contributed by atoms with Gasteiger partial charge in [0.25, 0.3) is 0 Å². The fraction of sp³-hybridized carbons (Fsp3) is 0.529. The Bertz CT molecular complexity index is 343. The van der Waals surface area contributed by atoms with E-state index in [0.29, 0.717) is 0 Å². The largest absolute Gasteiger partial charge is 0.0879 e. The average molecular weight is 234 g/mol. The van der Waals surface area contributed by atoms with E-state index in [0.717, 1.165) is 0 Å². The van der Waals surface area contributed by atoms with Crippen molar-refractivity contribution in [3.8, 4) is 0 Å². The number of aryl methyl sites for hydroxylation is 1. The maximum Gasteiger partial charge on any atom is 0.0105 e. The first-order chi connectivity index (χ1) is 7.50. The van der Waals surface area contributed by atoms with Gasteiger partial charge in [0.05, 0.1) is 0 Å². The Morgan fingerprint density at radius 3 is 2.00 bits per heavy atom. The number of benzene rings is 1. The zero-order valence-electron chi connectivity index (χ0n) is 11.9. The zero-order chi connectivity index (χ0) is 12.8. The first-order valence-electron chi connectivity index (χ1n) is 6.19. The molecule has 17 heavy (non-hydrogen) atoms. The second-order valence-corrected chi connectivity index (χ2v) is 4.41. The Hall–Kier alpha value is -1.04. The molecule has 0 saturated heterocycles. The van der Waals surface area contributed by atoms with Crippen molar-refractivity contribution < 1.29 is 0 Å². The van der Waals surface area contributed by atoms with E-state index in [1.54, 1.807) is 0 Å². The van der Waals surface area contributed by atoms with Crippen LogP contribution in [0.15, 0.2) is 35.9 Å². The molecular weight excluding hydrogens is 204 g/mol. The summed E-state index contributed by atoms with van der Waals surface area (Å²) in [5, 5.41) is 0. The van der Waals surface area contributed by atoms with Crippen LogP contribution < -0.4 is 0 Å². The fourth-order valence-corrected chi connectivity index (χ4v) is 1.85. The molecule has 0 heteroatoms. The summed E-state index contributed by atoms with van der Waals surface area (Å²) in [6.07, 6.45) is 2.20. The van der Waals surface area contributed by atoms with Gasteiger partial charge in [0.1, 0.15) is 0 Å². The molecule has 0 amide bonds. The van der Waals surface area contributed by atoms with Crippen LogP contribution in [0.4, 0.5) is 0 Å². The van der Waals surface area contributed by atoms with Gasteiger partial charge in [-0.3, -0.25) is 0 Å². The fourth-order valence-electron chi connectivity index (χ4n) is 1.85. The third-order valence-electron chi connectivity index (χ3n) is 3.24. The van der Waals surface area contributed by atoms with E-state index in [9.17, 15) is 0 Å². The highest BCUT2D eigenvalue weighted by Crippen LogP contribution is 2.32. The highest BCUT2D eigenvalue weighted by atomic mass is 14.3. The normalized spacial score (nSPS) is 11.1. The highest BCUT2D eigenvalue weighted by Gasteiger charge is 2.23. The monoisotopic (exact) mass is 234 g/mol. The predicted octanol–water partition coefficient (Wildman–Crippen LogP) is 5.90. The standard InChI is InChI=1S/C14H20.C2H6.CH4/c1-6-12(3)14(4,5)13-10-8-7-9-11(13)2;1-2;/h6-10H,1-5H3;1-2H3;1H4/b12-6-;;. The van der Waals surface area contributed by atoms with E-state index < -0.39 is 0 Å². The van der Waals surface area contributed by atoms with Gasteiger partial charge in [0.2, 0.25) is 0 Å². The molecule has 0 atom stereocenters. The Balaban J connectivity index is 0. The first-order valence-corrected chi connectivity index (χ1v) is 6.19. The maximum absolute atomic E-state index is 2.28. The number of hydrogen-bond donors (Lipinski definition) is 0. The molecule has 0 aliphatic rings. The van der Waals surface area contributed by atoms with Crippen LogP contribution in [0, 0.1) is 6.92 Å². The summed E-state index contributed by atoms with van der Waals surface area (Å²) >= 11 is 0.